The van der Waals surface area contributed by atoms with Crippen molar-refractivity contribution < 1.29 is 23.3 Å². The van der Waals surface area contributed by atoms with Crippen LogP contribution in [0, 0.1) is 0 Å². The van der Waals surface area contributed by atoms with E-state index in [0.717, 1.165) is 42.9 Å². The molecular weight excluding hydrogens is 390 g/mol. The van der Waals surface area contributed by atoms with Crippen molar-refractivity contribution in [2.75, 3.05) is 25.4 Å². The average molecular weight is 413 g/mol. The van der Waals surface area contributed by atoms with Crippen molar-refractivity contribution in [2.24, 2.45) is 0 Å². The maximum Gasteiger partial charge on any atom is 0.276 e. The second-order valence-corrected chi connectivity index (χ2v) is 8.61. The van der Waals surface area contributed by atoms with E-state index < -0.39 is 21.6 Å². The first-order chi connectivity index (χ1) is 13.9. The van der Waals surface area contributed by atoms with Gasteiger partial charge >= 0.3 is 0 Å². The van der Waals surface area contributed by atoms with Gasteiger partial charge in [0.2, 0.25) is 0 Å². The number of benzene rings is 2. The van der Waals surface area contributed by atoms with E-state index >= 15 is 0 Å². The van der Waals surface area contributed by atoms with Crippen molar-refractivity contribution in [2.45, 2.75) is 11.3 Å². The van der Waals surface area contributed by atoms with Gasteiger partial charge in [-0.15, -0.1) is 0 Å². The van der Waals surface area contributed by atoms with Crippen LogP contribution in [0.5, 0.6) is 0 Å². The molecule has 152 valence electrons. The lowest BCUT2D eigenvalue weighted by Crippen LogP contribution is -2.71. The van der Waals surface area contributed by atoms with Crippen LogP contribution in [0.4, 0.5) is 0 Å². The molecule has 8 heteroatoms. The summed E-state index contributed by atoms with van der Waals surface area (Å²) >= 11 is 0. The quantitative estimate of drug-likeness (QED) is 0.572. The van der Waals surface area contributed by atoms with E-state index in [4.69, 9.17) is 0 Å². The molecule has 0 aliphatic carbocycles. The van der Waals surface area contributed by atoms with Crippen LogP contribution in [-0.4, -0.2) is 45.6 Å². The molecule has 2 heterocycles. The number of amidine groups is 1. The molecule has 2 aromatic rings. The lowest BCUT2D eigenvalue weighted by molar-refractivity contribution is -0.444. The Morgan fingerprint density at radius 2 is 1.86 bits per heavy atom. The zero-order chi connectivity index (χ0) is 20.9. The number of fused-ring (bicyclic) bond motifs is 1. The lowest BCUT2D eigenvalue weighted by atomic mass is 10.1. The van der Waals surface area contributed by atoms with E-state index in [0.29, 0.717) is 5.39 Å². The van der Waals surface area contributed by atoms with Crippen LogP contribution in [0.1, 0.15) is 6.42 Å². The first kappa shape index (κ1) is 20.6. The highest BCUT2D eigenvalue weighted by molar-refractivity contribution is 7.92. The van der Waals surface area contributed by atoms with E-state index in [-0.39, 0.29) is 4.90 Å². The Hall–Kier alpha value is -3.13. The van der Waals surface area contributed by atoms with Crippen molar-refractivity contribution in [3.63, 3.8) is 0 Å². The summed E-state index contributed by atoms with van der Waals surface area (Å²) in [7, 11) is -3.85. The monoisotopic (exact) mass is 413 g/mol. The maximum absolute atomic E-state index is 11.8. The molecular formula is C21H23N3O4S. The third kappa shape index (κ3) is 5.03. The van der Waals surface area contributed by atoms with Crippen molar-refractivity contribution in [3.8, 4) is 0 Å². The lowest BCUT2D eigenvalue weighted by Gasteiger charge is -2.08. The molecule has 3 N–H and O–H groups in total. The van der Waals surface area contributed by atoms with Crippen LogP contribution in [-0.2, 0) is 14.6 Å². The Labute approximate surface area is 169 Å². The van der Waals surface area contributed by atoms with Crippen molar-refractivity contribution in [1.82, 2.24) is 10.6 Å². The topological polar surface area (TPSA) is 112 Å². The SMILES string of the molecule is C=C(C1=CCCN1)C1=[NH+]CCN1.O=C([O-])CS(=O)(=O)c1cccc2ccccc12. The number of nitrogens with one attached hydrogen (secondary N) is 3. The van der Waals surface area contributed by atoms with Gasteiger partial charge < -0.3 is 15.2 Å². The molecule has 2 aromatic carbocycles. The van der Waals surface area contributed by atoms with Crippen LogP contribution in [0.15, 0.2) is 71.3 Å². The van der Waals surface area contributed by atoms with Crippen LogP contribution >= 0.6 is 0 Å². The van der Waals surface area contributed by atoms with Gasteiger partial charge in [-0.25, -0.2) is 8.42 Å². The summed E-state index contributed by atoms with van der Waals surface area (Å²) < 4.78 is 23.7. The Morgan fingerprint density at radius 3 is 2.52 bits per heavy atom. The molecule has 2 aliphatic rings. The molecule has 2 aliphatic heterocycles. The van der Waals surface area contributed by atoms with Crippen LogP contribution in [0.25, 0.3) is 10.8 Å². The van der Waals surface area contributed by atoms with Gasteiger partial charge in [-0.05, 0) is 17.9 Å². The summed E-state index contributed by atoms with van der Waals surface area (Å²) in [6, 6.07) is 11.7. The van der Waals surface area contributed by atoms with Gasteiger partial charge in [-0.3, -0.25) is 10.3 Å². The molecule has 0 radical (unpaired) electrons. The third-order valence-electron chi connectivity index (χ3n) is 4.56. The number of carbonyl (C=O) groups is 1. The predicted octanol–water partition coefficient (Wildman–Crippen LogP) is -1.13. The minimum absolute atomic E-state index is 0.0276. The van der Waals surface area contributed by atoms with E-state index in [1.54, 1.807) is 36.4 Å². The van der Waals surface area contributed by atoms with Crippen molar-refractivity contribution >= 4 is 32.4 Å². The van der Waals surface area contributed by atoms with Gasteiger partial charge in [0, 0.05) is 17.6 Å². The molecule has 0 atom stereocenters. The summed E-state index contributed by atoms with van der Waals surface area (Å²) in [5.41, 5.74) is 2.23. The highest BCUT2D eigenvalue weighted by Gasteiger charge is 2.20. The Balaban J connectivity index is 0.000000176. The normalized spacial score (nSPS) is 15.4. The minimum atomic E-state index is -3.85. The van der Waals surface area contributed by atoms with Gasteiger partial charge in [-0.1, -0.05) is 49.1 Å². The summed E-state index contributed by atoms with van der Waals surface area (Å²) in [5.74, 6) is -1.52. The highest BCUT2D eigenvalue weighted by Crippen LogP contribution is 2.23. The summed E-state index contributed by atoms with van der Waals surface area (Å²) in [4.78, 5) is 13.7. The number of hydrogen-bond donors (Lipinski definition) is 3. The Morgan fingerprint density at radius 1 is 1.10 bits per heavy atom. The number of carbonyl (C=O) groups excluding carboxylic acids is 1. The first-order valence-electron chi connectivity index (χ1n) is 9.27. The third-order valence-corrected chi connectivity index (χ3v) is 6.20. The summed E-state index contributed by atoms with van der Waals surface area (Å²) in [6.45, 7) is 7.07. The van der Waals surface area contributed by atoms with Crippen molar-refractivity contribution in [1.29, 1.82) is 0 Å². The number of sulfone groups is 1. The van der Waals surface area contributed by atoms with Crippen LogP contribution in [0.3, 0.4) is 0 Å². The van der Waals surface area contributed by atoms with Crippen LogP contribution in [0.2, 0.25) is 0 Å². The molecule has 7 nitrogen and oxygen atoms in total. The molecule has 0 bridgehead atoms. The number of rotatable bonds is 5. The summed E-state index contributed by atoms with van der Waals surface area (Å²) in [6.07, 6.45) is 3.30. The maximum atomic E-state index is 11.8. The van der Waals surface area contributed by atoms with E-state index in [9.17, 15) is 18.3 Å². The van der Waals surface area contributed by atoms with Crippen molar-refractivity contribution in [3.05, 3.63) is 66.4 Å². The number of aliphatic carboxylic acids is 1. The van der Waals surface area contributed by atoms with E-state index in [1.807, 2.05) is 0 Å². The van der Waals surface area contributed by atoms with E-state index in [1.165, 1.54) is 11.8 Å². The predicted molar refractivity (Wildman–Crippen MR) is 110 cm³/mol. The number of carboxylic acid groups (broad SMARTS) is 1. The van der Waals surface area contributed by atoms with Gasteiger partial charge in [0.15, 0.2) is 9.84 Å². The second-order valence-electron chi connectivity index (χ2n) is 6.65. The molecule has 0 aromatic heterocycles. The molecule has 0 saturated carbocycles. The number of carboxylic acids is 1. The van der Waals surface area contributed by atoms with Crippen LogP contribution < -0.4 is 20.7 Å². The largest absolute Gasteiger partial charge is 0.549 e. The molecule has 0 unspecified atom stereocenters. The fourth-order valence-electron chi connectivity index (χ4n) is 3.21. The highest BCUT2D eigenvalue weighted by atomic mass is 32.2. The molecule has 4 rings (SSSR count). The fourth-order valence-corrected chi connectivity index (χ4v) is 4.48. The molecule has 0 fully saturated rings. The van der Waals surface area contributed by atoms with Gasteiger partial charge in [0.05, 0.1) is 22.2 Å². The molecule has 29 heavy (non-hydrogen) atoms. The van der Waals surface area contributed by atoms with Gasteiger partial charge in [0.1, 0.15) is 13.1 Å². The zero-order valence-electron chi connectivity index (χ0n) is 15.9. The number of hydrogen-bond acceptors (Lipinski definition) is 6. The van der Waals surface area contributed by atoms with Gasteiger partial charge in [-0.2, -0.15) is 0 Å². The van der Waals surface area contributed by atoms with Gasteiger partial charge in [0.25, 0.3) is 5.84 Å². The molecule has 0 amide bonds. The Kier molecular flexibility index (Phi) is 6.33. The minimum Gasteiger partial charge on any atom is -0.549 e. The molecule has 0 spiro atoms. The first-order valence-corrected chi connectivity index (χ1v) is 10.9. The average Bonchev–Trinajstić information content (AvgIpc) is 3.40. The summed E-state index contributed by atoms with van der Waals surface area (Å²) in [5, 5.41) is 18.3. The second kappa shape index (κ2) is 8.91. The fraction of sp³-hybridized carbons (Fsp3) is 0.238. The zero-order valence-corrected chi connectivity index (χ0v) is 16.7. The van der Waals surface area contributed by atoms with E-state index in [2.05, 4.69) is 28.3 Å². The smallest absolute Gasteiger partial charge is 0.276 e. The Bertz CT molecular complexity index is 1070. The standard InChI is InChI=1S/C12H10O4S.C9H13N3/c13-12(14)8-17(15,16)11-7-3-5-9-4-1-2-6-10(9)11;1-7(8-3-2-4-10-8)9-11-5-6-12-9/h1-7H,8H2,(H,13,14);3,10H,1-2,4-6H2,(H,11,12). The molecule has 0 saturated heterocycles.